The zero-order valence-corrected chi connectivity index (χ0v) is 9.41. The molecule has 0 amide bonds. The standard InChI is InChI=1S/C10H20N2S/c1-10(2)9(7-13-10)12-6-8-4-3-5-11-8/h8-9,11-12H,3-7H2,1-2H3. The van der Waals surface area contributed by atoms with Gasteiger partial charge in [0, 0.05) is 29.1 Å². The SMILES string of the molecule is CC1(C)SCC1NCC1CCCN1. The van der Waals surface area contributed by atoms with Crippen LogP contribution in [-0.4, -0.2) is 35.7 Å². The highest BCUT2D eigenvalue weighted by Crippen LogP contribution is 2.39. The highest BCUT2D eigenvalue weighted by molar-refractivity contribution is 8.02. The van der Waals surface area contributed by atoms with Crippen LogP contribution >= 0.6 is 11.8 Å². The van der Waals surface area contributed by atoms with Gasteiger partial charge in [0.15, 0.2) is 0 Å². The Balaban J connectivity index is 1.67. The van der Waals surface area contributed by atoms with Gasteiger partial charge in [-0.15, -0.1) is 0 Å². The smallest absolute Gasteiger partial charge is 0.0300 e. The van der Waals surface area contributed by atoms with E-state index in [9.17, 15) is 0 Å². The molecule has 0 aromatic heterocycles. The van der Waals surface area contributed by atoms with Crippen LogP contribution in [-0.2, 0) is 0 Å². The minimum absolute atomic E-state index is 0.471. The molecule has 2 fully saturated rings. The first-order chi connectivity index (χ1) is 6.18. The van der Waals surface area contributed by atoms with Crippen LogP contribution in [0.5, 0.6) is 0 Å². The molecule has 0 aromatic carbocycles. The Hall–Kier alpha value is 0.270. The fourth-order valence-corrected chi connectivity index (χ4v) is 3.22. The van der Waals surface area contributed by atoms with E-state index in [-0.39, 0.29) is 0 Å². The number of nitrogens with one attached hydrogen (secondary N) is 2. The van der Waals surface area contributed by atoms with E-state index < -0.39 is 0 Å². The molecule has 2 nitrogen and oxygen atoms in total. The summed E-state index contributed by atoms with van der Waals surface area (Å²) in [6, 6.07) is 1.47. The second-order valence-corrected chi connectivity index (χ2v) is 6.34. The lowest BCUT2D eigenvalue weighted by atomic mass is 10.0. The van der Waals surface area contributed by atoms with Crippen LogP contribution in [0.3, 0.4) is 0 Å². The molecular formula is C10H20N2S. The molecule has 0 radical (unpaired) electrons. The minimum Gasteiger partial charge on any atom is -0.313 e. The van der Waals surface area contributed by atoms with Gasteiger partial charge in [-0.3, -0.25) is 0 Å². The van der Waals surface area contributed by atoms with Crippen molar-refractivity contribution in [2.24, 2.45) is 0 Å². The van der Waals surface area contributed by atoms with Crippen molar-refractivity contribution in [3.05, 3.63) is 0 Å². The lowest BCUT2D eigenvalue weighted by molar-refractivity contribution is 0.409. The second-order valence-electron chi connectivity index (χ2n) is 4.67. The Bertz CT molecular complexity index is 176. The lowest BCUT2D eigenvalue weighted by Crippen LogP contribution is -2.56. The molecule has 0 spiro atoms. The summed E-state index contributed by atoms with van der Waals surface area (Å²) in [5.74, 6) is 1.29. The first-order valence-electron chi connectivity index (χ1n) is 5.29. The molecule has 2 saturated heterocycles. The number of rotatable bonds is 3. The van der Waals surface area contributed by atoms with Crippen LogP contribution in [0.15, 0.2) is 0 Å². The summed E-state index contributed by atoms with van der Waals surface area (Å²) in [4.78, 5) is 0. The fraction of sp³-hybridized carbons (Fsp3) is 1.00. The average Bonchev–Trinajstić information content (AvgIpc) is 2.55. The quantitative estimate of drug-likeness (QED) is 0.716. The Kier molecular flexibility index (Phi) is 2.86. The van der Waals surface area contributed by atoms with Crippen molar-refractivity contribution in [1.29, 1.82) is 0 Å². The summed E-state index contributed by atoms with van der Waals surface area (Å²) in [6.45, 7) is 7.05. The summed E-state index contributed by atoms with van der Waals surface area (Å²) in [7, 11) is 0. The van der Waals surface area contributed by atoms with Gasteiger partial charge in [0.25, 0.3) is 0 Å². The van der Waals surface area contributed by atoms with Gasteiger partial charge in [-0.1, -0.05) is 0 Å². The van der Waals surface area contributed by atoms with Crippen LogP contribution in [0.2, 0.25) is 0 Å². The topological polar surface area (TPSA) is 24.1 Å². The van der Waals surface area contributed by atoms with Crippen LogP contribution in [0.4, 0.5) is 0 Å². The predicted molar refractivity (Wildman–Crippen MR) is 59.4 cm³/mol. The normalized spacial score (nSPS) is 37.4. The van der Waals surface area contributed by atoms with Crippen molar-refractivity contribution in [1.82, 2.24) is 10.6 Å². The maximum absolute atomic E-state index is 3.67. The molecule has 0 aromatic rings. The van der Waals surface area contributed by atoms with Gasteiger partial charge >= 0.3 is 0 Å². The van der Waals surface area contributed by atoms with E-state index in [1.54, 1.807) is 0 Å². The van der Waals surface area contributed by atoms with Crippen molar-refractivity contribution in [2.45, 2.75) is 43.5 Å². The van der Waals surface area contributed by atoms with Crippen LogP contribution in [0.1, 0.15) is 26.7 Å². The molecule has 76 valence electrons. The molecule has 0 bridgehead atoms. The van der Waals surface area contributed by atoms with Crippen molar-refractivity contribution < 1.29 is 0 Å². The molecule has 2 unspecified atom stereocenters. The van der Waals surface area contributed by atoms with E-state index in [2.05, 4.69) is 36.2 Å². The Morgan fingerprint density at radius 1 is 1.54 bits per heavy atom. The molecule has 2 N–H and O–H groups in total. The summed E-state index contributed by atoms with van der Waals surface area (Å²) < 4.78 is 0.471. The molecule has 2 aliphatic heterocycles. The third-order valence-corrected chi connectivity index (χ3v) is 4.76. The summed E-state index contributed by atoms with van der Waals surface area (Å²) in [6.07, 6.45) is 2.71. The highest BCUT2D eigenvalue weighted by Gasteiger charge is 2.39. The van der Waals surface area contributed by atoms with Gasteiger partial charge in [0.1, 0.15) is 0 Å². The third kappa shape index (κ3) is 2.20. The number of thioether (sulfide) groups is 1. The van der Waals surface area contributed by atoms with E-state index in [4.69, 9.17) is 0 Å². The van der Waals surface area contributed by atoms with E-state index >= 15 is 0 Å². The zero-order valence-electron chi connectivity index (χ0n) is 8.60. The largest absolute Gasteiger partial charge is 0.313 e. The van der Waals surface area contributed by atoms with E-state index in [0.717, 1.165) is 18.6 Å². The van der Waals surface area contributed by atoms with Gasteiger partial charge in [-0.2, -0.15) is 11.8 Å². The third-order valence-electron chi connectivity index (χ3n) is 3.23. The van der Waals surface area contributed by atoms with Gasteiger partial charge in [0.05, 0.1) is 0 Å². The van der Waals surface area contributed by atoms with E-state index in [0.29, 0.717) is 4.75 Å². The van der Waals surface area contributed by atoms with E-state index in [1.807, 2.05) is 0 Å². The average molecular weight is 200 g/mol. The molecule has 2 aliphatic rings. The summed E-state index contributed by atoms with van der Waals surface area (Å²) in [5.41, 5.74) is 0. The van der Waals surface area contributed by atoms with Crippen LogP contribution in [0, 0.1) is 0 Å². The molecule has 2 rings (SSSR count). The summed E-state index contributed by atoms with van der Waals surface area (Å²) >= 11 is 2.07. The van der Waals surface area contributed by atoms with Crippen molar-refractivity contribution in [2.75, 3.05) is 18.8 Å². The van der Waals surface area contributed by atoms with Crippen molar-refractivity contribution in [3.63, 3.8) is 0 Å². The maximum atomic E-state index is 3.67. The highest BCUT2D eigenvalue weighted by atomic mass is 32.2. The Morgan fingerprint density at radius 3 is 2.85 bits per heavy atom. The molecule has 0 aliphatic carbocycles. The zero-order chi connectivity index (χ0) is 9.31. The van der Waals surface area contributed by atoms with Crippen molar-refractivity contribution >= 4 is 11.8 Å². The van der Waals surface area contributed by atoms with Crippen LogP contribution in [0.25, 0.3) is 0 Å². The van der Waals surface area contributed by atoms with Gasteiger partial charge in [0.2, 0.25) is 0 Å². The first-order valence-corrected chi connectivity index (χ1v) is 6.28. The summed E-state index contributed by atoms with van der Waals surface area (Å²) in [5, 5.41) is 7.19. The number of hydrogen-bond acceptors (Lipinski definition) is 3. The predicted octanol–water partition coefficient (Wildman–Crippen LogP) is 1.22. The molecule has 2 heterocycles. The molecule has 3 heteroatoms. The van der Waals surface area contributed by atoms with E-state index in [1.165, 1.54) is 25.1 Å². The van der Waals surface area contributed by atoms with Gasteiger partial charge in [-0.05, 0) is 33.2 Å². The fourth-order valence-electron chi connectivity index (χ4n) is 2.02. The Morgan fingerprint density at radius 2 is 2.38 bits per heavy atom. The van der Waals surface area contributed by atoms with Gasteiger partial charge < -0.3 is 10.6 Å². The molecule has 0 saturated carbocycles. The van der Waals surface area contributed by atoms with Crippen LogP contribution < -0.4 is 10.6 Å². The first kappa shape index (κ1) is 9.81. The monoisotopic (exact) mass is 200 g/mol. The maximum Gasteiger partial charge on any atom is 0.0300 e. The second kappa shape index (κ2) is 3.79. The van der Waals surface area contributed by atoms with Crippen molar-refractivity contribution in [3.8, 4) is 0 Å². The molecule has 13 heavy (non-hydrogen) atoms. The lowest BCUT2D eigenvalue weighted by Gasteiger charge is -2.44. The Labute approximate surface area is 85.2 Å². The van der Waals surface area contributed by atoms with Gasteiger partial charge in [-0.25, -0.2) is 0 Å². The minimum atomic E-state index is 0.471. The molecule has 2 atom stereocenters. The molecular weight excluding hydrogens is 180 g/mol. The number of hydrogen-bond donors (Lipinski definition) is 2.